The Morgan fingerprint density at radius 2 is 1.56 bits per heavy atom. The van der Waals surface area contributed by atoms with Gasteiger partial charge in [-0.3, -0.25) is 0 Å². The zero-order valence-corrected chi connectivity index (χ0v) is 25.8. The normalized spacial score (nSPS) is 11.4. The second-order valence-electron chi connectivity index (χ2n) is 10.1. The lowest BCUT2D eigenvalue weighted by Gasteiger charge is -2.28. The van der Waals surface area contributed by atoms with Crippen LogP contribution in [0.4, 0.5) is 11.4 Å². The minimum absolute atomic E-state index is 0.617. The minimum Gasteiger partial charge on any atom is -0.493 e. The summed E-state index contributed by atoms with van der Waals surface area (Å²) in [4.78, 5) is 3.59. The monoisotopic (exact) mass is 607 g/mol. The van der Waals surface area contributed by atoms with Crippen LogP contribution in [0.3, 0.4) is 0 Å². The molecule has 6 nitrogen and oxygen atoms in total. The van der Waals surface area contributed by atoms with Crippen LogP contribution in [0.5, 0.6) is 17.2 Å². The van der Waals surface area contributed by atoms with Gasteiger partial charge in [-0.15, -0.1) is 11.3 Å². The van der Waals surface area contributed by atoms with Crippen LogP contribution < -0.4 is 19.1 Å². The molecule has 1 unspecified atom stereocenters. The number of thiophene rings is 1. The first-order valence-electron chi connectivity index (χ1n) is 13.9. The Bertz CT molecular complexity index is 1700. The van der Waals surface area contributed by atoms with Crippen molar-refractivity contribution in [1.29, 1.82) is 5.26 Å². The van der Waals surface area contributed by atoms with Gasteiger partial charge in [-0.25, -0.2) is 4.21 Å². The fraction of sp³-hybridized carbons (Fsp3) is 0.171. The number of hydrogen-bond donors (Lipinski definition) is 1. The Kier molecular flexibility index (Phi) is 10.1. The third kappa shape index (κ3) is 8.48. The number of rotatable bonds is 13. The van der Waals surface area contributed by atoms with E-state index in [4.69, 9.17) is 9.47 Å². The molecule has 1 heterocycles. The maximum absolute atomic E-state index is 11.9. The van der Waals surface area contributed by atoms with E-state index in [0.717, 1.165) is 51.7 Å². The summed E-state index contributed by atoms with van der Waals surface area (Å²) < 4.78 is 27.0. The minimum atomic E-state index is -1.18. The highest BCUT2D eigenvalue weighted by Crippen LogP contribution is 2.31. The lowest BCUT2D eigenvalue weighted by Crippen LogP contribution is -2.23. The van der Waals surface area contributed by atoms with E-state index in [1.165, 1.54) is 4.88 Å². The van der Waals surface area contributed by atoms with E-state index in [2.05, 4.69) is 51.4 Å². The molecule has 5 aromatic rings. The van der Waals surface area contributed by atoms with E-state index in [0.29, 0.717) is 25.3 Å². The molecule has 0 saturated heterocycles. The number of hydrogen-bond acceptors (Lipinski definition) is 6. The SMILES string of the molecule is Cc1c(NS(C)=O)cccc1N(Cc1ccc(C#N)cc1)Cc1ccc(Oc2cccc(OCCc3cccs3)c2)cc1. The molecule has 0 radical (unpaired) electrons. The molecular weight excluding hydrogens is 575 g/mol. The highest BCUT2D eigenvalue weighted by Gasteiger charge is 2.14. The molecule has 0 aliphatic heterocycles. The highest BCUT2D eigenvalue weighted by atomic mass is 32.2. The van der Waals surface area contributed by atoms with Crippen LogP contribution in [0.25, 0.3) is 0 Å². The van der Waals surface area contributed by atoms with Crippen molar-refractivity contribution in [1.82, 2.24) is 0 Å². The first-order chi connectivity index (χ1) is 21.0. The number of nitrogens with one attached hydrogen (secondary N) is 1. The molecule has 4 aromatic carbocycles. The molecule has 1 aromatic heterocycles. The third-order valence-electron chi connectivity index (χ3n) is 6.89. The smallest absolute Gasteiger partial charge is 0.131 e. The highest BCUT2D eigenvalue weighted by molar-refractivity contribution is 7.85. The molecule has 0 amide bonds. The Hall–Kier alpha value is -4.58. The number of nitrogens with zero attached hydrogens (tertiary/aromatic N) is 2. The Morgan fingerprint density at radius 1 is 0.860 bits per heavy atom. The second kappa shape index (κ2) is 14.5. The fourth-order valence-electron chi connectivity index (χ4n) is 4.73. The van der Waals surface area contributed by atoms with Gasteiger partial charge in [0.15, 0.2) is 0 Å². The van der Waals surface area contributed by atoms with Crippen LogP contribution in [-0.4, -0.2) is 17.1 Å². The summed E-state index contributed by atoms with van der Waals surface area (Å²) in [5.41, 5.74) is 5.73. The van der Waals surface area contributed by atoms with Gasteiger partial charge in [0.1, 0.15) is 28.2 Å². The van der Waals surface area contributed by atoms with E-state index in [9.17, 15) is 9.47 Å². The van der Waals surface area contributed by atoms with Crippen molar-refractivity contribution in [2.45, 2.75) is 26.4 Å². The predicted octanol–water partition coefficient (Wildman–Crippen LogP) is 8.25. The zero-order valence-electron chi connectivity index (χ0n) is 24.2. The summed E-state index contributed by atoms with van der Waals surface area (Å²) >= 11 is 1.74. The zero-order chi connectivity index (χ0) is 30.0. The van der Waals surface area contributed by atoms with Gasteiger partial charge in [0.05, 0.1) is 23.9 Å². The predicted molar refractivity (Wildman–Crippen MR) is 176 cm³/mol. The van der Waals surface area contributed by atoms with Crippen molar-refractivity contribution in [2.75, 3.05) is 22.5 Å². The number of benzene rings is 4. The van der Waals surface area contributed by atoms with E-state index >= 15 is 0 Å². The molecule has 43 heavy (non-hydrogen) atoms. The van der Waals surface area contributed by atoms with Gasteiger partial charge >= 0.3 is 0 Å². The van der Waals surface area contributed by atoms with Gasteiger partial charge in [-0.2, -0.15) is 5.26 Å². The van der Waals surface area contributed by atoms with Crippen molar-refractivity contribution in [3.63, 3.8) is 0 Å². The largest absolute Gasteiger partial charge is 0.493 e. The van der Waals surface area contributed by atoms with Crippen molar-refractivity contribution in [2.24, 2.45) is 0 Å². The van der Waals surface area contributed by atoms with Crippen LogP contribution >= 0.6 is 11.3 Å². The van der Waals surface area contributed by atoms with Crippen molar-refractivity contribution < 1.29 is 13.7 Å². The van der Waals surface area contributed by atoms with E-state index in [1.54, 1.807) is 17.6 Å². The van der Waals surface area contributed by atoms with Crippen LogP contribution in [-0.2, 0) is 30.5 Å². The Balaban J connectivity index is 1.29. The summed E-state index contributed by atoms with van der Waals surface area (Å²) in [6.07, 6.45) is 2.50. The van der Waals surface area contributed by atoms with Crippen LogP contribution in [0, 0.1) is 18.3 Å². The molecular formula is C35H33N3O3S2. The summed E-state index contributed by atoms with van der Waals surface area (Å²) in [5.74, 6) is 2.24. The van der Waals surface area contributed by atoms with Crippen LogP contribution in [0.2, 0.25) is 0 Å². The molecule has 1 atom stereocenters. The molecule has 0 aliphatic carbocycles. The van der Waals surface area contributed by atoms with Crippen molar-refractivity contribution >= 4 is 33.7 Å². The van der Waals surface area contributed by atoms with Gasteiger partial charge in [-0.1, -0.05) is 42.5 Å². The molecule has 8 heteroatoms. The Labute approximate surface area is 259 Å². The molecule has 0 fully saturated rings. The summed E-state index contributed by atoms with van der Waals surface area (Å²) in [5, 5.41) is 11.3. The van der Waals surface area contributed by atoms with Crippen LogP contribution in [0.1, 0.15) is 27.1 Å². The molecule has 5 rings (SSSR count). The maximum Gasteiger partial charge on any atom is 0.131 e. The fourth-order valence-corrected chi connectivity index (χ4v) is 5.96. The van der Waals surface area contributed by atoms with Crippen molar-refractivity contribution in [3.8, 4) is 23.3 Å². The topological polar surface area (TPSA) is 74.6 Å². The van der Waals surface area contributed by atoms with Crippen molar-refractivity contribution in [3.05, 3.63) is 136 Å². The third-order valence-corrected chi connectivity index (χ3v) is 8.33. The average Bonchev–Trinajstić information content (AvgIpc) is 3.53. The molecule has 0 aliphatic rings. The summed E-state index contributed by atoms with van der Waals surface area (Å²) in [6, 6.07) is 35.8. The van der Waals surface area contributed by atoms with Gasteiger partial charge in [0, 0.05) is 42.4 Å². The number of ether oxygens (including phenoxy) is 2. The molecule has 0 bridgehead atoms. The van der Waals surface area contributed by atoms with Gasteiger partial charge < -0.3 is 19.1 Å². The second-order valence-corrected chi connectivity index (χ2v) is 12.2. The quantitative estimate of drug-likeness (QED) is 0.146. The lowest BCUT2D eigenvalue weighted by molar-refractivity contribution is 0.321. The standard InChI is InChI=1S/C35H33N3O3S2/c1-26-34(37-43(2)39)9-4-10-35(26)38(24-28-13-11-27(23-36)12-14-28)25-29-15-17-30(18-16-29)41-32-7-3-6-31(22-32)40-20-19-33-8-5-21-42-33/h3-18,21-22,37H,19-20,24-25H2,1-2H3. The average molecular weight is 608 g/mol. The first-order valence-corrected chi connectivity index (χ1v) is 16.4. The van der Waals surface area contributed by atoms with Crippen LogP contribution in [0.15, 0.2) is 109 Å². The maximum atomic E-state index is 11.9. The lowest BCUT2D eigenvalue weighted by atomic mass is 10.1. The van der Waals surface area contributed by atoms with E-state index in [-0.39, 0.29) is 0 Å². The van der Waals surface area contributed by atoms with Gasteiger partial charge in [0.25, 0.3) is 0 Å². The molecule has 1 N–H and O–H groups in total. The van der Waals surface area contributed by atoms with Gasteiger partial charge in [0.2, 0.25) is 0 Å². The molecule has 218 valence electrons. The van der Waals surface area contributed by atoms with E-state index in [1.807, 2.05) is 79.7 Å². The molecule has 0 spiro atoms. The Morgan fingerprint density at radius 3 is 2.23 bits per heavy atom. The number of nitriles is 1. The summed E-state index contributed by atoms with van der Waals surface area (Å²) in [7, 11) is -1.18. The van der Waals surface area contributed by atoms with Gasteiger partial charge in [-0.05, 0) is 83.6 Å². The first kappa shape index (κ1) is 29.9. The number of anilines is 2. The molecule has 0 saturated carbocycles. The van der Waals surface area contributed by atoms with E-state index < -0.39 is 11.0 Å². The summed E-state index contributed by atoms with van der Waals surface area (Å²) in [6.45, 7) is 3.94.